The summed E-state index contributed by atoms with van der Waals surface area (Å²) in [4.78, 5) is 2.03. The Hall–Kier alpha value is 1.01. The summed E-state index contributed by atoms with van der Waals surface area (Å²) in [6.07, 6.45) is 0. The monoisotopic (exact) mass is 352 g/mol. The predicted molar refractivity (Wildman–Crippen MR) is 39.2 cm³/mol. The zero-order valence-electron chi connectivity index (χ0n) is 6.48. The second-order valence-electron chi connectivity index (χ2n) is 1.30. The molecule has 2 heteroatoms. The van der Waals surface area contributed by atoms with Crippen molar-refractivity contribution < 1.29 is 31.1 Å². The fourth-order valence-corrected chi connectivity index (χ4v) is 0.112. The van der Waals surface area contributed by atoms with Crippen LogP contribution in [0.5, 0.6) is 0 Å². The van der Waals surface area contributed by atoms with Crippen LogP contribution in [0.4, 0.5) is 0 Å². The second kappa shape index (κ2) is 16.0. The molecule has 0 aromatic heterocycles. The molecular formula is C7H16NU. The van der Waals surface area contributed by atoms with Gasteiger partial charge in [-0.15, -0.1) is 13.1 Å². The average molecular weight is 352 g/mol. The molecule has 1 radical (unpaired) electrons. The smallest absolute Gasteiger partial charge is 0.365 e. The van der Waals surface area contributed by atoms with Gasteiger partial charge in [0.05, 0.1) is 0 Å². The van der Waals surface area contributed by atoms with Crippen molar-refractivity contribution in [3.05, 3.63) is 20.8 Å². The summed E-state index contributed by atoms with van der Waals surface area (Å²) >= 11 is 0. The maximum absolute atomic E-state index is 3.64. The number of hydrogen-bond donors (Lipinski definition) is 0. The largest absolute Gasteiger partial charge is 3.00 e. The first kappa shape index (κ1) is 16.5. The van der Waals surface area contributed by atoms with E-state index >= 15 is 0 Å². The van der Waals surface area contributed by atoms with Gasteiger partial charge in [0.25, 0.3) is 0 Å². The quantitative estimate of drug-likeness (QED) is 0.680. The van der Waals surface area contributed by atoms with Gasteiger partial charge in [-0.05, 0) is 7.05 Å². The third kappa shape index (κ3) is 17.6. The Morgan fingerprint density at radius 2 is 1.33 bits per heavy atom. The van der Waals surface area contributed by atoms with Crippen LogP contribution in [0.3, 0.4) is 0 Å². The Morgan fingerprint density at radius 3 is 1.33 bits per heavy atom. The van der Waals surface area contributed by atoms with E-state index in [9.17, 15) is 0 Å². The first-order chi connectivity index (χ1) is 3.81. The molecule has 0 N–H and O–H groups in total. The van der Waals surface area contributed by atoms with Crippen molar-refractivity contribution in [2.75, 3.05) is 20.1 Å². The average Bonchev–Trinajstić information content (AvgIpc) is 1.91. The van der Waals surface area contributed by atoms with Crippen LogP contribution >= 0.6 is 0 Å². The first-order valence-corrected chi connectivity index (χ1v) is 2.79. The molecule has 0 aromatic carbocycles. The Bertz CT molecular complexity index is 28.1. The molecule has 0 aliphatic carbocycles. The standard InChI is InChI=1S/C5H11N.C2H5.U/c1-4-6(3)5-2;1-2;/h1-2,4-5H2,3H3;1H2,2H3;/q-2;-1;+3. The van der Waals surface area contributed by atoms with Gasteiger partial charge in [0.15, 0.2) is 0 Å². The number of rotatable bonds is 2. The van der Waals surface area contributed by atoms with Gasteiger partial charge in [-0.1, -0.05) is 0 Å². The van der Waals surface area contributed by atoms with E-state index in [1.807, 2.05) is 11.9 Å². The molecule has 0 saturated heterocycles. The normalized spacial score (nSPS) is 7.33. The van der Waals surface area contributed by atoms with Crippen LogP contribution in [0.25, 0.3) is 0 Å². The summed E-state index contributed by atoms with van der Waals surface area (Å²) in [5.41, 5.74) is 0. The van der Waals surface area contributed by atoms with E-state index in [-0.39, 0.29) is 31.1 Å². The molecule has 0 saturated carbocycles. The van der Waals surface area contributed by atoms with Crippen molar-refractivity contribution >= 4 is 0 Å². The molecule has 0 atom stereocenters. The maximum Gasteiger partial charge on any atom is 3.00 e. The van der Waals surface area contributed by atoms with E-state index in [2.05, 4.69) is 20.8 Å². The molecule has 0 unspecified atom stereocenters. The topological polar surface area (TPSA) is 3.24 Å². The summed E-state index contributed by atoms with van der Waals surface area (Å²) in [6, 6.07) is 0. The van der Waals surface area contributed by atoms with Crippen LogP contribution in [-0.4, -0.2) is 25.0 Å². The zero-order valence-corrected chi connectivity index (χ0v) is 10.6. The summed E-state index contributed by atoms with van der Waals surface area (Å²) in [7, 11) is 1.99. The molecule has 0 aromatic rings. The minimum atomic E-state index is 0. The van der Waals surface area contributed by atoms with Gasteiger partial charge in [0, 0.05) is 0 Å². The molecule has 0 aliphatic heterocycles. The molecule has 0 heterocycles. The molecule has 0 spiro atoms. The Balaban J connectivity index is -0.000000109. The van der Waals surface area contributed by atoms with Gasteiger partial charge in [0.1, 0.15) is 0 Å². The molecule has 53 valence electrons. The molecule has 0 bridgehead atoms. The maximum atomic E-state index is 3.64. The SMILES string of the molecule is [CH2-]C.[CH2-]CN(C)C[CH2-].[U+3]. The minimum Gasteiger partial charge on any atom is -0.365 e. The van der Waals surface area contributed by atoms with Crippen molar-refractivity contribution in [3.8, 4) is 0 Å². The summed E-state index contributed by atoms with van der Waals surface area (Å²) < 4.78 is 0. The number of nitrogens with zero attached hydrogens (tertiary/aromatic N) is 1. The van der Waals surface area contributed by atoms with Gasteiger partial charge in [-0.3, -0.25) is 0 Å². The Morgan fingerprint density at radius 1 is 1.11 bits per heavy atom. The summed E-state index contributed by atoms with van der Waals surface area (Å²) in [5.74, 6) is 0. The van der Waals surface area contributed by atoms with Gasteiger partial charge < -0.3 is 25.7 Å². The fraction of sp³-hybridized carbons (Fsp3) is 0.571. The third-order valence-electron chi connectivity index (χ3n) is 0.763. The van der Waals surface area contributed by atoms with Gasteiger partial charge in [-0.25, -0.2) is 0 Å². The van der Waals surface area contributed by atoms with Gasteiger partial charge >= 0.3 is 31.1 Å². The predicted octanol–water partition coefficient (Wildman–Crippen LogP) is 1.43. The van der Waals surface area contributed by atoms with E-state index < -0.39 is 0 Å². The van der Waals surface area contributed by atoms with E-state index in [1.54, 1.807) is 6.92 Å². The summed E-state index contributed by atoms with van der Waals surface area (Å²) in [6.45, 7) is 14.0. The Labute approximate surface area is 83.6 Å². The second-order valence-corrected chi connectivity index (χ2v) is 1.30. The zero-order chi connectivity index (χ0) is 6.99. The van der Waals surface area contributed by atoms with Crippen LogP contribution in [0.1, 0.15) is 6.92 Å². The van der Waals surface area contributed by atoms with Crippen LogP contribution in [-0.2, 0) is 0 Å². The molecule has 0 fully saturated rings. The minimum absolute atomic E-state index is 0. The van der Waals surface area contributed by atoms with E-state index in [0.29, 0.717) is 0 Å². The van der Waals surface area contributed by atoms with E-state index in [4.69, 9.17) is 0 Å². The molecule has 0 amide bonds. The van der Waals surface area contributed by atoms with Crippen molar-refractivity contribution in [2.24, 2.45) is 0 Å². The molecule has 0 aliphatic rings. The first-order valence-electron chi connectivity index (χ1n) is 2.79. The molecule has 0 rings (SSSR count). The van der Waals surface area contributed by atoms with Crippen LogP contribution in [0.2, 0.25) is 0 Å². The molecule has 1 nitrogen and oxygen atoms in total. The van der Waals surface area contributed by atoms with Crippen molar-refractivity contribution in [3.63, 3.8) is 0 Å². The third-order valence-corrected chi connectivity index (χ3v) is 0.763. The van der Waals surface area contributed by atoms with Gasteiger partial charge in [-0.2, -0.15) is 6.92 Å². The van der Waals surface area contributed by atoms with Crippen LogP contribution < -0.4 is 0 Å². The van der Waals surface area contributed by atoms with E-state index in [1.165, 1.54) is 0 Å². The summed E-state index contributed by atoms with van der Waals surface area (Å²) in [5, 5.41) is 0. The fourth-order valence-electron chi connectivity index (χ4n) is 0.112. The van der Waals surface area contributed by atoms with Crippen molar-refractivity contribution in [2.45, 2.75) is 6.92 Å². The van der Waals surface area contributed by atoms with E-state index in [0.717, 1.165) is 13.1 Å². The van der Waals surface area contributed by atoms with Gasteiger partial charge in [0.2, 0.25) is 0 Å². The van der Waals surface area contributed by atoms with Crippen LogP contribution in [0.15, 0.2) is 0 Å². The van der Waals surface area contributed by atoms with Crippen molar-refractivity contribution in [1.29, 1.82) is 0 Å². The molecular weight excluding hydrogens is 336 g/mol. The molecule has 9 heavy (non-hydrogen) atoms. The van der Waals surface area contributed by atoms with Crippen LogP contribution in [0, 0.1) is 51.9 Å². The Kier molecular flexibility index (Phi) is 29.4. The van der Waals surface area contributed by atoms with Crippen molar-refractivity contribution in [1.82, 2.24) is 4.90 Å². The number of hydrogen-bond acceptors (Lipinski definition) is 1.